The molecule has 1 fully saturated rings. The van der Waals surface area contributed by atoms with Crippen LogP contribution in [0.1, 0.15) is 33.1 Å². The van der Waals surface area contributed by atoms with E-state index in [1.165, 1.54) is 12.7 Å². The molecule has 2 aliphatic heterocycles. The summed E-state index contributed by atoms with van der Waals surface area (Å²) in [5, 5.41) is 0. The third-order valence-corrected chi connectivity index (χ3v) is 3.29. The molecule has 0 bridgehead atoms. The molecule has 4 heteroatoms. The Morgan fingerprint density at radius 3 is 2.56 bits per heavy atom. The van der Waals surface area contributed by atoms with E-state index in [4.69, 9.17) is 9.47 Å². The minimum absolute atomic E-state index is 0.0283. The number of hydrogen-bond donors (Lipinski definition) is 0. The molecule has 2 atom stereocenters. The summed E-state index contributed by atoms with van der Waals surface area (Å²) in [7, 11) is 0. The number of amides is 1. The second-order valence-electron chi connectivity index (χ2n) is 4.54. The van der Waals surface area contributed by atoms with E-state index in [1.54, 1.807) is 0 Å². The largest absolute Gasteiger partial charge is 0.494 e. The summed E-state index contributed by atoms with van der Waals surface area (Å²) in [4.78, 5) is 14.1. The molecule has 0 saturated carbocycles. The monoisotopic (exact) mass is 225 g/mol. The number of likely N-dealkylation sites (tertiary alicyclic amines) is 1. The molecule has 1 saturated heterocycles. The van der Waals surface area contributed by atoms with Gasteiger partial charge >= 0.3 is 0 Å². The number of carbonyl (C=O) groups excluding carboxylic acids is 1. The normalized spacial score (nSPS) is 30.1. The van der Waals surface area contributed by atoms with Crippen molar-refractivity contribution in [3.05, 3.63) is 12.0 Å². The second kappa shape index (κ2) is 4.76. The highest BCUT2D eigenvalue weighted by Crippen LogP contribution is 2.24. The topological polar surface area (TPSA) is 38.8 Å². The molecule has 0 aromatic carbocycles. The predicted octanol–water partition coefficient (Wildman–Crippen LogP) is 1.66. The smallest absolute Gasteiger partial charge is 0.292 e. The highest BCUT2D eigenvalue weighted by atomic mass is 16.6. The Balaban J connectivity index is 2.09. The van der Waals surface area contributed by atoms with Crippen LogP contribution in [-0.4, -0.2) is 36.1 Å². The van der Waals surface area contributed by atoms with Gasteiger partial charge in [0.2, 0.25) is 5.76 Å². The van der Waals surface area contributed by atoms with E-state index in [2.05, 4.69) is 13.8 Å². The van der Waals surface area contributed by atoms with Crippen LogP contribution >= 0.6 is 0 Å². The Bertz CT molecular complexity index is 291. The van der Waals surface area contributed by atoms with Crippen LogP contribution in [0, 0.1) is 0 Å². The van der Waals surface area contributed by atoms with E-state index in [1.807, 2.05) is 4.90 Å². The van der Waals surface area contributed by atoms with Crippen molar-refractivity contribution in [3.63, 3.8) is 0 Å². The quantitative estimate of drug-likeness (QED) is 0.681. The van der Waals surface area contributed by atoms with Crippen LogP contribution in [0.3, 0.4) is 0 Å². The van der Waals surface area contributed by atoms with Gasteiger partial charge in [0, 0.05) is 12.1 Å². The van der Waals surface area contributed by atoms with Crippen LogP contribution in [0.4, 0.5) is 0 Å². The van der Waals surface area contributed by atoms with Crippen molar-refractivity contribution in [2.75, 3.05) is 13.2 Å². The summed E-state index contributed by atoms with van der Waals surface area (Å²) >= 11 is 0. The lowest BCUT2D eigenvalue weighted by Gasteiger charge is -2.39. The van der Waals surface area contributed by atoms with Crippen molar-refractivity contribution < 1.29 is 14.3 Å². The Kier molecular flexibility index (Phi) is 3.36. The molecular weight excluding hydrogens is 206 g/mol. The van der Waals surface area contributed by atoms with Gasteiger partial charge in [0.1, 0.15) is 19.5 Å². The molecule has 2 rings (SSSR count). The first-order valence-corrected chi connectivity index (χ1v) is 5.97. The first-order valence-electron chi connectivity index (χ1n) is 5.97. The fraction of sp³-hybridized carbons (Fsp3) is 0.750. The Morgan fingerprint density at radius 1 is 1.31 bits per heavy atom. The van der Waals surface area contributed by atoms with Gasteiger partial charge in [0.15, 0.2) is 0 Å². The SMILES string of the molecule is C[C@@H]1CCC[C@H](C)N1C(=O)C1=COCCO1. The van der Waals surface area contributed by atoms with Crippen LogP contribution in [0.2, 0.25) is 0 Å². The number of hydrogen-bond acceptors (Lipinski definition) is 3. The zero-order valence-corrected chi connectivity index (χ0v) is 9.94. The molecule has 0 aliphatic carbocycles. The average Bonchev–Trinajstić information content (AvgIpc) is 2.30. The fourth-order valence-corrected chi connectivity index (χ4v) is 2.43. The summed E-state index contributed by atoms with van der Waals surface area (Å²) in [5.41, 5.74) is 0. The summed E-state index contributed by atoms with van der Waals surface area (Å²) in [6.07, 6.45) is 4.79. The predicted molar refractivity (Wildman–Crippen MR) is 59.6 cm³/mol. The molecule has 16 heavy (non-hydrogen) atoms. The zero-order chi connectivity index (χ0) is 11.5. The van der Waals surface area contributed by atoms with E-state index in [9.17, 15) is 4.79 Å². The molecule has 2 heterocycles. The molecule has 1 amide bonds. The third kappa shape index (κ3) is 2.15. The first-order chi connectivity index (χ1) is 7.70. The number of rotatable bonds is 1. The van der Waals surface area contributed by atoms with Crippen LogP contribution in [0.25, 0.3) is 0 Å². The van der Waals surface area contributed by atoms with Crippen LogP contribution in [0.5, 0.6) is 0 Å². The van der Waals surface area contributed by atoms with Gasteiger partial charge < -0.3 is 14.4 Å². The maximum Gasteiger partial charge on any atom is 0.292 e. The lowest BCUT2D eigenvalue weighted by molar-refractivity contribution is -0.138. The van der Waals surface area contributed by atoms with E-state index >= 15 is 0 Å². The van der Waals surface area contributed by atoms with E-state index < -0.39 is 0 Å². The number of ether oxygens (including phenoxy) is 2. The molecule has 0 aromatic rings. The molecule has 0 radical (unpaired) electrons. The van der Waals surface area contributed by atoms with Crippen molar-refractivity contribution in [1.82, 2.24) is 4.90 Å². The summed E-state index contributed by atoms with van der Waals surface area (Å²) in [6.45, 7) is 5.19. The molecule has 90 valence electrons. The minimum atomic E-state index is -0.0283. The van der Waals surface area contributed by atoms with Gasteiger partial charge in [-0.25, -0.2) is 0 Å². The van der Waals surface area contributed by atoms with Crippen molar-refractivity contribution in [1.29, 1.82) is 0 Å². The van der Waals surface area contributed by atoms with Gasteiger partial charge in [0.05, 0.1) is 0 Å². The van der Waals surface area contributed by atoms with Crippen molar-refractivity contribution >= 4 is 5.91 Å². The molecule has 0 N–H and O–H groups in total. The maximum atomic E-state index is 12.2. The van der Waals surface area contributed by atoms with E-state index in [0.29, 0.717) is 31.1 Å². The molecule has 2 aliphatic rings. The Labute approximate surface area is 96.2 Å². The van der Waals surface area contributed by atoms with Crippen molar-refractivity contribution in [3.8, 4) is 0 Å². The van der Waals surface area contributed by atoms with Crippen LogP contribution < -0.4 is 0 Å². The number of piperidine rings is 1. The summed E-state index contributed by atoms with van der Waals surface area (Å²) in [6, 6.07) is 0.588. The Morgan fingerprint density at radius 2 is 2.00 bits per heavy atom. The first kappa shape index (κ1) is 11.3. The average molecular weight is 225 g/mol. The molecule has 0 aromatic heterocycles. The van der Waals surface area contributed by atoms with Crippen LogP contribution in [0.15, 0.2) is 12.0 Å². The lowest BCUT2D eigenvalue weighted by atomic mass is 9.97. The van der Waals surface area contributed by atoms with Gasteiger partial charge in [0.25, 0.3) is 5.91 Å². The van der Waals surface area contributed by atoms with Gasteiger partial charge in [-0.15, -0.1) is 0 Å². The fourth-order valence-electron chi connectivity index (χ4n) is 2.43. The highest BCUT2D eigenvalue weighted by molar-refractivity contribution is 5.91. The van der Waals surface area contributed by atoms with Gasteiger partial charge in [-0.1, -0.05) is 0 Å². The second-order valence-corrected chi connectivity index (χ2v) is 4.54. The number of nitrogens with zero attached hydrogens (tertiary/aromatic N) is 1. The van der Waals surface area contributed by atoms with Crippen molar-refractivity contribution in [2.24, 2.45) is 0 Å². The Hall–Kier alpha value is -1.19. The molecule has 4 nitrogen and oxygen atoms in total. The van der Waals surface area contributed by atoms with Gasteiger partial charge in [-0.3, -0.25) is 4.79 Å². The van der Waals surface area contributed by atoms with Gasteiger partial charge in [-0.05, 0) is 33.1 Å². The minimum Gasteiger partial charge on any atom is -0.494 e. The van der Waals surface area contributed by atoms with Gasteiger partial charge in [-0.2, -0.15) is 0 Å². The molecular formula is C12H19NO3. The standard InChI is InChI=1S/C12H19NO3/c1-9-4-3-5-10(2)13(9)12(14)11-8-15-6-7-16-11/h8-10H,3-7H2,1-2H3/t9-,10+. The van der Waals surface area contributed by atoms with Crippen molar-refractivity contribution in [2.45, 2.75) is 45.2 Å². The van der Waals surface area contributed by atoms with E-state index in [-0.39, 0.29) is 5.91 Å². The summed E-state index contributed by atoms with van der Waals surface area (Å²) in [5.74, 6) is 0.325. The zero-order valence-electron chi connectivity index (χ0n) is 9.94. The van der Waals surface area contributed by atoms with Crippen LogP contribution in [-0.2, 0) is 14.3 Å². The molecule has 0 unspecified atom stereocenters. The van der Waals surface area contributed by atoms with E-state index in [0.717, 1.165) is 12.8 Å². The molecule has 0 spiro atoms. The summed E-state index contributed by atoms with van der Waals surface area (Å²) < 4.78 is 10.5. The number of carbonyl (C=O) groups is 1. The highest BCUT2D eigenvalue weighted by Gasteiger charge is 2.32. The lowest BCUT2D eigenvalue weighted by Crippen LogP contribution is -2.48. The maximum absolute atomic E-state index is 12.2. The third-order valence-electron chi connectivity index (χ3n) is 3.29.